The van der Waals surface area contributed by atoms with Crippen LogP contribution in [0.3, 0.4) is 0 Å². The van der Waals surface area contributed by atoms with E-state index in [1.54, 1.807) is 0 Å². The van der Waals surface area contributed by atoms with E-state index in [4.69, 9.17) is 33.2 Å². The van der Waals surface area contributed by atoms with Crippen molar-refractivity contribution in [2.45, 2.75) is 189 Å². The molecule has 0 aromatic carbocycles. The van der Waals surface area contributed by atoms with E-state index in [2.05, 4.69) is 55.4 Å². The number of hydrogen-bond donors (Lipinski definition) is 0. The third-order valence-corrected chi connectivity index (χ3v) is 11.7. The van der Waals surface area contributed by atoms with Gasteiger partial charge in [0.25, 0.3) is 0 Å². The van der Waals surface area contributed by atoms with E-state index in [1.165, 1.54) is 0 Å². The Balaban J connectivity index is 1.09. The van der Waals surface area contributed by atoms with Crippen molar-refractivity contribution in [3.63, 3.8) is 0 Å². The maximum atomic E-state index is 7.01. The molecule has 7 nitrogen and oxygen atoms in total. The van der Waals surface area contributed by atoms with Crippen molar-refractivity contribution >= 4 is 0 Å². The number of rotatable bonds is 2. The van der Waals surface area contributed by atoms with E-state index in [0.717, 1.165) is 64.2 Å². The standard InChI is InChI=1S/C30H48O7/c1-23(2)19-11-13-27(7,32-19)29(34-23)17-15-25(5,36-29)21-9-10-22(31-21)26(6)16-18-30(37-26)28(8)14-12-20(33-28)24(3,4)35-30/h19-22H,9-18H2,1-8H3/t19-,20+,21+,22-,25+,26-,27+,28-,29-,30+. The Hall–Kier alpha value is -0.280. The minimum Gasteiger partial charge on any atom is -0.369 e. The fraction of sp³-hybridized carbons (Fsp3) is 1.00. The van der Waals surface area contributed by atoms with Crippen LogP contribution in [-0.4, -0.2) is 69.6 Å². The van der Waals surface area contributed by atoms with Crippen LogP contribution >= 0.6 is 0 Å². The smallest absolute Gasteiger partial charge is 0.198 e. The summed E-state index contributed by atoms with van der Waals surface area (Å²) in [5, 5.41) is 0. The highest BCUT2D eigenvalue weighted by molar-refractivity contribution is 5.15. The molecule has 2 spiro atoms. The van der Waals surface area contributed by atoms with E-state index in [9.17, 15) is 0 Å². The maximum Gasteiger partial charge on any atom is 0.198 e. The molecule has 0 unspecified atom stereocenters. The molecule has 210 valence electrons. The van der Waals surface area contributed by atoms with Crippen molar-refractivity contribution in [1.82, 2.24) is 0 Å². The normalized spacial score (nSPS) is 59.7. The highest BCUT2D eigenvalue weighted by Crippen LogP contribution is 2.61. The zero-order valence-electron chi connectivity index (χ0n) is 24.2. The van der Waals surface area contributed by atoms with Gasteiger partial charge in [0.05, 0.1) is 46.8 Å². The molecule has 4 bridgehead atoms. The summed E-state index contributed by atoms with van der Waals surface area (Å²) in [4.78, 5) is 0. The summed E-state index contributed by atoms with van der Waals surface area (Å²) in [6.45, 7) is 17.4. The van der Waals surface area contributed by atoms with Crippen LogP contribution in [0.5, 0.6) is 0 Å². The molecule has 7 heterocycles. The summed E-state index contributed by atoms with van der Waals surface area (Å²) in [5.74, 6) is -1.44. The molecule has 7 heteroatoms. The van der Waals surface area contributed by atoms with E-state index in [1.807, 2.05) is 0 Å². The highest BCUT2D eigenvalue weighted by atomic mass is 16.8. The molecular formula is C30H48O7. The van der Waals surface area contributed by atoms with Crippen molar-refractivity contribution < 1.29 is 33.2 Å². The topological polar surface area (TPSA) is 64.6 Å². The largest absolute Gasteiger partial charge is 0.369 e. The van der Waals surface area contributed by atoms with Crippen molar-refractivity contribution in [2.24, 2.45) is 0 Å². The summed E-state index contributed by atoms with van der Waals surface area (Å²) in [6, 6.07) is 0. The number of fused-ring (bicyclic) bond motifs is 6. The molecule has 7 aliphatic rings. The lowest BCUT2D eigenvalue weighted by Gasteiger charge is -2.53. The molecule has 0 radical (unpaired) electrons. The van der Waals surface area contributed by atoms with Crippen LogP contribution in [0.15, 0.2) is 0 Å². The van der Waals surface area contributed by atoms with Crippen LogP contribution in [0.1, 0.15) is 120 Å². The molecular weight excluding hydrogens is 472 g/mol. The second kappa shape index (κ2) is 7.32. The fourth-order valence-corrected chi connectivity index (χ4v) is 9.07. The van der Waals surface area contributed by atoms with E-state index in [-0.39, 0.29) is 35.6 Å². The molecule has 7 fully saturated rings. The molecule has 0 saturated carbocycles. The molecule has 0 aromatic rings. The van der Waals surface area contributed by atoms with Crippen LogP contribution in [0, 0.1) is 0 Å². The third kappa shape index (κ3) is 3.31. The first-order valence-corrected chi connectivity index (χ1v) is 14.9. The van der Waals surface area contributed by atoms with E-state index < -0.39 is 34.0 Å². The Morgan fingerprint density at radius 2 is 0.838 bits per heavy atom. The van der Waals surface area contributed by atoms with Crippen molar-refractivity contribution in [3.05, 3.63) is 0 Å². The predicted octanol–water partition coefficient (Wildman–Crippen LogP) is 5.56. The Labute approximate surface area is 222 Å². The molecule has 0 aromatic heterocycles. The van der Waals surface area contributed by atoms with Crippen LogP contribution in [0.2, 0.25) is 0 Å². The molecule has 0 N–H and O–H groups in total. The van der Waals surface area contributed by atoms with Crippen LogP contribution < -0.4 is 0 Å². The Kier molecular flexibility index (Phi) is 5.08. The summed E-state index contributed by atoms with van der Waals surface area (Å²) in [5.41, 5.74) is -2.37. The summed E-state index contributed by atoms with van der Waals surface area (Å²) in [6.07, 6.45) is 9.60. The molecule has 7 aliphatic heterocycles. The minimum absolute atomic E-state index is 0.00491. The molecule has 0 amide bonds. The van der Waals surface area contributed by atoms with Gasteiger partial charge in [0, 0.05) is 12.8 Å². The molecule has 10 atom stereocenters. The number of ether oxygens (including phenoxy) is 7. The van der Waals surface area contributed by atoms with Gasteiger partial charge in [-0.2, -0.15) is 0 Å². The van der Waals surface area contributed by atoms with Crippen molar-refractivity contribution in [2.75, 3.05) is 0 Å². The van der Waals surface area contributed by atoms with Gasteiger partial charge in [0.2, 0.25) is 0 Å². The SMILES string of the molecule is CC1(C)O[C@]2(CC[C@](C)([C@H]3CC[C@@H]([C@]4(C)CC[C@@]5(OC(C)(C)[C@H]6CC[C@]5(C)O6)O4)O3)O2)[C@@]2(C)CC[C@@H]1O2. The predicted molar refractivity (Wildman–Crippen MR) is 136 cm³/mol. The van der Waals surface area contributed by atoms with Crippen LogP contribution in [0.4, 0.5) is 0 Å². The van der Waals surface area contributed by atoms with Gasteiger partial charge < -0.3 is 33.2 Å². The highest BCUT2D eigenvalue weighted by Gasteiger charge is 2.71. The Morgan fingerprint density at radius 1 is 0.432 bits per heavy atom. The van der Waals surface area contributed by atoms with Crippen LogP contribution in [-0.2, 0) is 33.2 Å². The van der Waals surface area contributed by atoms with Gasteiger partial charge in [-0.15, -0.1) is 0 Å². The molecule has 37 heavy (non-hydrogen) atoms. The first kappa shape index (κ1) is 25.7. The lowest BCUT2D eigenvalue weighted by Crippen LogP contribution is -2.65. The average molecular weight is 521 g/mol. The first-order chi connectivity index (χ1) is 17.1. The summed E-state index contributed by atoms with van der Waals surface area (Å²) >= 11 is 0. The fourth-order valence-electron chi connectivity index (χ4n) is 9.07. The Morgan fingerprint density at radius 3 is 1.24 bits per heavy atom. The van der Waals surface area contributed by atoms with Gasteiger partial charge >= 0.3 is 0 Å². The van der Waals surface area contributed by atoms with Crippen LogP contribution in [0.25, 0.3) is 0 Å². The van der Waals surface area contributed by atoms with E-state index in [0.29, 0.717) is 0 Å². The van der Waals surface area contributed by atoms with Gasteiger partial charge in [0.15, 0.2) is 11.6 Å². The van der Waals surface area contributed by atoms with Gasteiger partial charge in [-0.05, 0) is 107 Å². The van der Waals surface area contributed by atoms with Crippen molar-refractivity contribution in [3.8, 4) is 0 Å². The lowest BCUT2D eigenvalue weighted by atomic mass is 9.87. The Bertz CT molecular complexity index is 907. The quantitative estimate of drug-likeness (QED) is 0.472. The van der Waals surface area contributed by atoms with Gasteiger partial charge in [-0.25, -0.2) is 0 Å². The summed E-state index contributed by atoms with van der Waals surface area (Å²) in [7, 11) is 0. The van der Waals surface area contributed by atoms with Gasteiger partial charge in [-0.3, -0.25) is 0 Å². The third-order valence-electron chi connectivity index (χ3n) is 11.7. The molecule has 0 aliphatic carbocycles. The van der Waals surface area contributed by atoms with Gasteiger partial charge in [0.1, 0.15) is 11.2 Å². The second-order valence-corrected chi connectivity index (χ2v) is 15.2. The molecule has 7 rings (SSSR count). The average Bonchev–Trinajstić information content (AvgIpc) is 3.58. The zero-order valence-corrected chi connectivity index (χ0v) is 24.2. The summed E-state index contributed by atoms with van der Waals surface area (Å²) < 4.78 is 47.7. The minimum atomic E-state index is -0.718. The first-order valence-electron chi connectivity index (χ1n) is 14.9. The van der Waals surface area contributed by atoms with Crippen molar-refractivity contribution in [1.29, 1.82) is 0 Å². The maximum absolute atomic E-state index is 7.01. The molecule has 7 saturated heterocycles. The monoisotopic (exact) mass is 520 g/mol. The number of hydrogen-bond acceptors (Lipinski definition) is 7. The zero-order chi connectivity index (χ0) is 26.3. The lowest BCUT2D eigenvalue weighted by molar-refractivity contribution is -0.411. The van der Waals surface area contributed by atoms with Gasteiger partial charge in [-0.1, -0.05) is 0 Å². The van der Waals surface area contributed by atoms with E-state index >= 15 is 0 Å². The second-order valence-electron chi connectivity index (χ2n) is 15.2.